The zero-order valence-corrected chi connectivity index (χ0v) is 12.8. The molecule has 1 heterocycles. The summed E-state index contributed by atoms with van der Waals surface area (Å²) in [5.41, 5.74) is 2.31. The van der Waals surface area contributed by atoms with E-state index in [-0.39, 0.29) is 11.9 Å². The highest BCUT2D eigenvalue weighted by molar-refractivity contribution is 6.31. The Morgan fingerprint density at radius 2 is 2.30 bits per heavy atom. The summed E-state index contributed by atoms with van der Waals surface area (Å²) in [6.45, 7) is 7.13. The van der Waals surface area contributed by atoms with E-state index in [0.29, 0.717) is 0 Å². The lowest BCUT2D eigenvalue weighted by molar-refractivity contribution is -0.119. The molecule has 0 bridgehead atoms. The van der Waals surface area contributed by atoms with Gasteiger partial charge in [0.2, 0.25) is 5.91 Å². The summed E-state index contributed by atoms with van der Waals surface area (Å²) in [5, 5.41) is 7.12. The van der Waals surface area contributed by atoms with Crippen LogP contribution in [-0.2, 0) is 11.3 Å². The van der Waals surface area contributed by atoms with Crippen molar-refractivity contribution in [3.63, 3.8) is 0 Å². The Morgan fingerprint density at radius 1 is 1.50 bits per heavy atom. The number of nitrogens with zero attached hydrogens (tertiary/aromatic N) is 1. The average molecular weight is 296 g/mol. The standard InChI is InChI=1S/C15H22ClN3O/c1-3-17-9-13-14(16)5-4-6-15(13)19-8-7-12(10-19)18-11(2)20/h4-6,12,17H,3,7-10H2,1-2H3,(H,18,20). The highest BCUT2D eigenvalue weighted by Gasteiger charge is 2.25. The summed E-state index contributed by atoms with van der Waals surface area (Å²) in [5.74, 6) is 0.0378. The Labute approximate surface area is 125 Å². The molecule has 0 radical (unpaired) electrons. The lowest BCUT2D eigenvalue weighted by Gasteiger charge is -2.23. The van der Waals surface area contributed by atoms with E-state index in [1.165, 1.54) is 5.69 Å². The van der Waals surface area contributed by atoms with E-state index in [1.54, 1.807) is 6.92 Å². The number of halogens is 1. The van der Waals surface area contributed by atoms with Crippen molar-refractivity contribution in [2.75, 3.05) is 24.5 Å². The first kappa shape index (κ1) is 15.1. The number of anilines is 1. The Kier molecular flexibility index (Phi) is 5.26. The van der Waals surface area contributed by atoms with Crippen LogP contribution in [-0.4, -0.2) is 31.6 Å². The smallest absolute Gasteiger partial charge is 0.217 e. The van der Waals surface area contributed by atoms with Gasteiger partial charge in [-0.25, -0.2) is 0 Å². The van der Waals surface area contributed by atoms with Crippen molar-refractivity contribution in [2.45, 2.75) is 32.9 Å². The molecular formula is C15H22ClN3O. The molecular weight excluding hydrogens is 274 g/mol. The van der Waals surface area contributed by atoms with Gasteiger partial charge in [0.25, 0.3) is 0 Å². The molecule has 0 aromatic heterocycles. The topological polar surface area (TPSA) is 44.4 Å². The molecule has 4 nitrogen and oxygen atoms in total. The Hall–Kier alpha value is -1.26. The van der Waals surface area contributed by atoms with Gasteiger partial charge in [-0.3, -0.25) is 4.79 Å². The first-order chi connectivity index (χ1) is 9.61. The summed E-state index contributed by atoms with van der Waals surface area (Å²) >= 11 is 6.33. The molecule has 0 saturated carbocycles. The maximum Gasteiger partial charge on any atom is 0.217 e. The number of hydrogen-bond acceptors (Lipinski definition) is 3. The third kappa shape index (κ3) is 3.64. The van der Waals surface area contributed by atoms with E-state index >= 15 is 0 Å². The maximum atomic E-state index is 11.1. The van der Waals surface area contributed by atoms with Gasteiger partial charge in [0.1, 0.15) is 0 Å². The van der Waals surface area contributed by atoms with Crippen molar-refractivity contribution < 1.29 is 4.79 Å². The molecule has 0 aliphatic carbocycles. The van der Waals surface area contributed by atoms with E-state index in [9.17, 15) is 4.79 Å². The molecule has 1 unspecified atom stereocenters. The van der Waals surface area contributed by atoms with Crippen LogP contribution >= 0.6 is 11.6 Å². The monoisotopic (exact) mass is 295 g/mol. The van der Waals surface area contributed by atoms with Crippen LogP contribution in [0.5, 0.6) is 0 Å². The van der Waals surface area contributed by atoms with Crippen LogP contribution in [0.4, 0.5) is 5.69 Å². The number of carbonyl (C=O) groups excluding carboxylic acids is 1. The molecule has 1 aliphatic heterocycles. The Morgan fingerprint density at radius 3 is 3.00 bits per heavy atom. The quantitative estimate of drug-likeness (QED) is 0.875. The fourth-order valence-electron chi connectivity index (χ4n) is 2.65. The van der Waals surface area contributed by atoms with Gasteiger partial charge in [-0.05, 0) is 25.1 Å². The normalized spacial score (nSPS) is 18.4. The summed E-state index contributed by atoms with van der Waals surface area (Å²) in [6, 6.07) is 6.26. The molecule has 2 rings (SSSR count). The second kappa shape index (κ2) is 6.95. The minimum Gasteiger partial charge on any atom is -0.369 e. The minimum absolute atomic E-state index is 0.0378. The van der Waals surface area contributed by atoms with Crippen molar-refractivity contribution in [1.82, 2.24) is 10.6 Å². The maximum absolute atomic E-state index is 11.1. The molecule has 1 saturated heterocycles. The van der Waals surface area contributed by atoms with Crippen LogP contribution in [0, 0.1) is 0 Å². The van der Waals surface area contributed by atoms with Crippen LogP contribution in [0.25, 0.3) is 0 Å². The molecule has 0 spiro atoms. The zero-order valence-electron chi connectivity index (χ0n) is 12.1. The highest BCUT2D eigenvalue weighted by atomic mass is 35.5. The minimum atomic E-state index is 0.0378. The molecule has 1 fully saturated rings. The van der Waals surface area contributed by atoms with Gasteiger partial charge < -0.3 is 15.5 Å². The number of amides is 1. The molecule has 1 aliphatic rings. The van der Waals surface area contributed by atoms with E-state index in [2.05, 4.69) is 28.5 Å². The van der Waals surface area contributed by atoms with Crippen molar-refractivity contribution in [2.24, 2.45) is 0 Å². The molecule has 1 amide bonds. The van der Waals surface area contributed by atoms with E-state index in [0.717, 1.165) is 43.2 Å². The van der Waals surface area contributed by atoms with Gasteiger partial charge in [0, 0.05) is 48.9 Å². The predicted octanol–water partition coefficient (Wildman–Crippen LogP) is 2.16. The molecule has 1 atom stereocenters. The number of benzene rings is 1. The first-order valence-electron chi connectivity index (χ1n) is 7.12. The largest absolute Gasteiger partial charge is 0.369 e. The Bertz CT molecular complexity index is 478. The SMILES string of the molecule is CCNCc1c(Cl)cccc1N1CCC(NC(C)=O)C1. The fraction of sp³-hybridized carbons (Fsp3) is 0.533. The van der Waals surface area contributed by atoms with Gasteiger partial charge in [0.05, 0.1) is 0 Å². The van der Waals surface area contributed by atoms with Crippen LogP contribution in [0.2, 0.25) is 5.02 Å². The summed E-state index contributed by atoms with van der Waals surface area (Å²) in [7, 11) is 0. The number of rotatable bonds is 5. The van der Waals surface area contributed by atoms with E-state index in [4.69, 9.17) is 11.6 Å². The number of carbonyl (C=O) groups is 1. The van der Waals surface area contributed by atoms with Crippen molar-refractivity contribution in [1.29, 1.82) is 0 Å². The fourth-order valence-corrected chi connectivity index (χ4v) is 2.89. The number of hydrogen-bond donors (Lipinski definition) is 2. The van der Waals surface area contributed by atoms with E-state index in [1.807, 2.05) is 12.1 Å². The summed E-state index contributed by atoms with van der Waals surface area (Å²) in [4.78, 5) is 13.4. The molecule has 20 heavy (non-hydrogen) atoms. The van der Waals surface area contributed by atoms with Crippen molar-refractivity contribution >= 4 is 23.2 Å². The molecule has 2 N–H and O–H groups in total. The van der Waals surface area contributed by atoms with Gasteiger partial charge in [-0.1, -0.05) is 24.6 Å². The second-order valence-electron chi connectivity index (χ2n) is 5.15. The van der Waals surface area contributed by atoms with Crippen LogP contribution in [0.3, 0.4) is 0 Å². The van der Waals surface area contributed by atoms with Gasteiger partial charge in [-0.2, -0.15) is 0 Å². The van der Waals surface area contributed by atoms with Gasteiger partial charge in [-0.15, -0.1) is 0 Å². The first-order valence-corrected chi connectivity index (χ1v) is 7.49. The summed E-state index contributed by atoms with van der Waals surface area (Å²) in [6.07, 6.45) is 0.979. The molecule has 1 aromatic rings. The molecule has 1 aromatic carbocycles. The lowest BCUT2D eigenvalue weighted by atomic mass is 10.1. The second-order valence-corrected chi connectivity index (χ2v) is 5.56. The average Bonchev–Trinajstić information content (AvgIpc) is 2.84. The van der Waals surface area contributed by atoms with Crippen LogP contribution in [0.15, 0.2) is 18.2 Å². The van der Waals surface area contributed by atoms with Crippen LogP contribution < -0.4 is 15.5 Å². The van der Waals surface area contributed by atoms with Crippen molar-refractivity contribution in [3.05, 3.63) is 28.8 Å². The van der Waals surface area contributed by atoms with Crippen LogP contribution in [0.1, 0.15) is 25.8 Å². The third-order valence-electron chi connectivity index (χ3n) is 3.58. The Balaban J connectivity index is 2.12. The van der Waals surface area contributed by atoms with Gasteiger partial charge in [0.15, 0.2) is 0 Å². The third-order valence-corrected chi connectivity index (χ3v) is 3.94. The highest BCUT2D eigenvalue weighted by Crippen LogP contribution is 2.30. The zero-order chi connectivity index (χ0) is 14.5. The number of nitrogens with one attached hydrogen (secondary N) is 2. The van der Waals surface area contributed by atoms with E-state index < -0.39 is 0 Å². The summed E-state index contributed by atoms with van der Waals surface area (Å²) < 4.78 is 0. The lowest BCUT2D eigenvalue weighted by Crippen LogP contribution is -2.35. The molecule has 5 heteroatoms. The predicted molar refractivity (Wildman–Crippen MR) is 83.3 cm³/mol. The van der Waals surface area contributed by atoms with Crippen molar-refractivity contribution in [3.8, 4) is 0 Å². The molecule has 110 valence electrons. The van der Waals surface area contributed by atoms with Gasteiger partial charge >= 0.3 is 0 Å².